The van der Waals surface area contributed by atoms with E-state index >= 15 is 0 Å². The Bertz CT molecular complexity index is 534. The topological polar surface area (TPSA) is 114 Å². The van der Waals surface area contributed by atoms with Crippen LogP contribution in [-0.4, -0.2) is 51.3 Å². The van der Waals surface area contributed by atoms with Crippen molar-refractivity contribution < 1.29 is 27.9 Å². The van der Waals surface area contributed by atoms with Gasteiger partial charge in [-0.3, -0.25) is 4.72 Å². The zero-order chi connectivity index (χ0) is 14.5. The number of carboxylic acid groups (broad SMARTS) is 1. The van der Waals surface area contributed by atoms with Crippen LogP contribution in [0, 0.1) is 0 Å². The van der Waals surface area contributed by atoms with Gasteiger partial charge in [0, 0.05) is 0 Å². The lowest BCUT2D eigenvalue weighted by atomic mass is 10.1. The van der Waals surface area contributed by atoms with Gasteiger partial charge >= 0.3 is 5.97 Å². The number of carboxylic acids is 1. The van der Waals surface area contributed by atoms with Gasteiger partial charge < -0.3 is 14.7 Å². The van der Waals surface area contributed by atoms with E-state index in [2.05, 4.69) is 14.7 Å². The monoisotopic (exact) mass is 290 g/mol. The molecule has 1 atom stereocenters. The molecule has 1 aliphatic rings. The highest BCUT2D eigenvalue weighted by Crippen LogP contribution is 2.11. The molecule has 0 amide bonds. The fourth-order valence-electron chi connectivity index (χ4n) is 1.34. The van der Waals surface area contributed by atoms with E-state index in [1.54, 1.807) is 0 Å². The number of hydrogen-bond donors (Lipinski definition) is 2. The smallest absolute Gasteiger partial charge is 0.329 e. The SMILES string of the molecule is CON=C1C=C(NS(C)(=O)=O)C=CC1OCC(=O)O. The number of nitrogens with one attached hydrogen (secondary N) is 1. The van der Waals surface area contributed by atoms with Gasteiger partial charge in [-0.05, 0) is 18.2 Å². The second-order valence-corrected chi connectivity index (χ2v) is 5.41. The van der Waals surface area contributed by atoms with Crippen molar-refractivity contribution in [2.45, 2.75) is 6.10 Å². The van der Waals surface area contributed by atoms with E-state index in [1.165, 1.54) is 25.3 Å². The Morgan fingerprint density at radius 1 is 1.58 bits per heavy atom. The number of rotatable bonds is 6. The Kier molecular flexibility index (Phi) is 5.07. The quantitative estimate of drug-likeness (QED) is 0.635. The Morgan fingerprint density at radius 3 is 2.79 bits per heavy atom. The summed E-state index contributed by atoms with van der Waals surface area (Å²) in [7, 11) is -2.09. The normalized spacial score (nSPS) is 21.1. The third kappa shape index (κ3) is 5.53. The summed E-state index contributed by atoms with van der Waals surface area (Å²) in [6, 6.07) is 0. The lowest BCUT2D eigenvalue weighted by Crippen LogP contribution is -2.30. The summed E-state index contributed by atoms with van der Waals surface area (Å²) < 4.78 is 29.5. The van der Waals surface area contributed by atoms with Crippen LogP contribution in [-0.2, 0) is 24.4 Å². The second kappa shape index (κ2) is 6.34. The zero-order valence-electron chi connectivity index (χ0n) is 10.4. The van der Waals surface area contributed by atoms with E-state index in [9.17, 15) is 13.2 Å². The van der Waals surface area contributed by atoms with Crippen LogP contribution in [0.1, 0.15) is 0 Å². The lowest BCUT2D eigenvalue weighted by Gasteiger charge is -2.18. The molecule has 1 unspecified atom stereocenters. The fraction of sp³-hybridized carbons (Fsp3) is 0.400. The van der Waals surface area contributed by atoms with E-state index in [4.69, 9.17) is 9.84 Å². The third-order valence-electron chi connectivity index (χ3n) is 1.93. The summed E-state index contributed by atoms with van der Waals surface area (Å²) >= 11 is 0. The van der Waals surface area contributed by atoms with E-state index < -0.39 is 28.7 Å². The Morgan fingerprint density at radius 2 is 2.26 bits per heavy atom. The third-order valence-corrected chi connectivity index (χ3v) is 2.54. The minimum Gasteiger partial charge on any atom is -0.480 e. The van der Waals surface area contributed by atoms with Crippen molar-refractivity contribution in [3.8, 4) is 0 Å². The van der Waals surface area contributed by atoms with Crippen LogP contribution in [0.25, 0.3) is 0 Å². The van der Waals surface area contributed by atoms with Crippen LogP contribution in [0.4, 0.5) is 0 Å². The summed E-state index contributed by atoms with van der Waals surface area (Å²) in [5.74, 6) is -1.12. The maximum atomic E-state index is 11.1. The number of carbonyl (C=O) groups is 1. The molecule has 0 fully saturated rings. The van der Waals surface area contributed by atoms with E-state index in [0.717, 1.165) is 6.26 Å². The summed E-state index contributed by atoms with van der Waals surface area (Å²) in [6.07, 6.45) is 4.65. The van der Waals surface area contributed by atoms with Crippen LogP contribution in [0.2, 0.25) is 0 Å². The minimum atomic E-state index is -3.41. The van der Waals surface area contributed by atoms with Gasteiger partial charge in [0.1, 0.15) is 25.5 Å². The first-order chi connectivity index (χ1) is 8.81. The largest absolute Gasteiger partial charge is 0.480 e. The van der Waals surface area contributed by atoms with Crippen molar-refractivity contribution >= 4 is 21.7 Å². The predicted molar refractivity (Wildman–Crippen MR) is 67.0 cm³/mol. The number of nitrogens with zero attached hydrogens (tertiary/aromatic N) is 1. The Hall–Kier alpha value is -1.87. The van der Waals surface area contributed by atoms with Gasteiger partial charge in [0.05, 0.1) is 12.0 Å². The van der Waals surface area contributed by atoms with Crippen LogP contribution < -0.4 is 4.72 Å². The summed E-state index contributed by atoms with van der Waals surface area (Å²) in [6.45, 7) is -0.500. The molecule has 0 aromatic rings. The van der Waals surface area contributed by atoms with Gasteiger partial charge in [-0.25, -0.2) is 13.2 Å². The minimum absolute atomic E-state index is 0.261. The maximum absolute atomic E-state index is 11.1. The maximum Gasteiger partial charge on any atom is 0.329 e. The van der Waals surface area contributed by atoms with Crippen molar-refractivity contribution in [2.75, 3.05) is 20.0 Å². The van der Waals surface area contributed by atoms with Crippen molar-refractivity contribution in [1.82, 2.24) is 4.72 Å². The first kappa shape index (κ1) is 15.2. The summed E-state index contributed by atoms with van der Waals surface area (Å²) in [5.41, 5.74) is 0.547. The molecule has 8 nitrogen and oxygen atoms in total. The van der Waals surface area contributed by atoms with Gasteiger partial charge in [-0.15, -0.1) is 0 Å². The van der Waals surface area contributed by atoms with E-state index in [0.29, 0.717) is 0 Å². The molecular weight excluding hydrogens is 276 g/mol. The highest BCUT2D eigenvalue weighted by atomic mass is 32.2. The molecule has 0 aromatic carbocycles. The molecule has 0 aliphatic heterocycles. The van der Waals surface area contributed by atoms with Crippen LogP contribution in [0.5, 0.6) is 0 Å². The number of ether oxygens (including phenoxy) is 1. The standard InChI is InChI=1S/C10H14N2O6S/c1-17-11-8-5-7(12-19(2,15)16)3-4-9(8)18-6-10(13)14/h3-5,9,12H,6H2,1-2H3,(H,13,14). The average Bonchev–Trinajstić information content (AvgIpc) is 2.26. The van der Waals surface area contributed by atoms with Crippen molar-refractivity contribution in [3.05, 3.63) is 23.9 Å². The summed E-state index contributed by atoms with van der Waals surface area (Å²) in [4.78, 5) is 15.0. The molecular formula is C10H14N2O6S. The van der Waals surface area contributed by atoms with Crippen molar-refractivity contribution in [2.24, 2.45) is 5.16 Å². The Labute approximate surface area is 110 Å². The highest BCUT2D eigenvalue weighted by Gasteiger charge is 2.19. The molecule has 0 aromatic heterocycles. The molecule has 0 saturated carbocycles. The highest BCUT2D eigenvalue weighted by molar-refractivity contribution is 7.88. The number of hydrogen-bond acceptors (Lipinski definition) is 6. The average molecular weight is 290 g/mol. The van der Waals surface area contributed by atoms with Gasteiger partial charge in [0.15, 0.2) is 0 Å². The fourth-order valence-corrected chi connectivity index (χ4v) is 1.90. The molecule has 0 saturated heterocycles. The van der Waals surface area contributed by atoms with Gasteiger partial charge in [-0.1, -0.05) is 5.16 Å². The predicted octanol–water partition coefficient (Wildman–Crippen LogP) is -0.538. The molecule has 0 spiro atoms. The number of sulfonamides is 1. The van der Waals surface area contributed by atoms with Crippen LogP contribution in [0.15, 0.2) is 29.1 Å². The molecule has 19 heavy (non-hydrogen) atoms. The Balaban J connectivity index is 2.84. The zero-order valence-corrected chi connectivity index (χ0v) is 11.2. The van der Waals surface area contributed by atoms with Gasteiger partial charge in [0.25, 0.3) is 0 Å². The molecule has 106 valence electrons. The van der Waals surface area contributed by atoms with Crippen LogP contribution >= 0.6 is 0 Å². The van der Waals surface area contributed by atoms with Crippen molar-refractivity contribution in [3.63, 3.8) is 0 Å². The molecule has 9 heteroatoms. The molecule has 2 N–H and O–H groups in total. The van der Waals surface area contributed by atoms with E-state index in [1.807, 2.05) is 0 Å². The van der Waals surface area contributed by atoms with Gasteiger partial charge in [0.2, 0.25) is 10.0 Å². The van der Waals surface area contributed by atoms with Gasteiger partial charge in [-0.2, -0.15) is 0 Å². The van der Waals surface area contributed by atoms with E-state index in [-0.39, 0.29) is 11.4 Å². The first-order valence-electron chi connectivity index (χ1n) is 5.14. The first-order valence-corrected chi connectivity index (χ1v) is 7.03. The molecule has 0 bridgehead atoms. The summed E-state index contributed by atoms with van der Waals surface area (Å²) in [5, 5.41) is 12.2. The number of oxime groups is 1. The van der Waals surface area contributed by atoms with Crippen LogP contribution in [0.3, 0.4) is 0 Å². The van der Waals surface area contributed by atoms with Crippen molar-refractivity contribution in [1.29, 1.82) is 0 Å². The lowest BCUT2D eigenvalue weighted by molar-refractivity contribution is -0.142. The molecule has 0 radical (unpaired) electrons. The molecule has 0 heterocycles. The number of allylic oxidation sites excluding steroid dienone is 1. The molecule has 1 rings (SSSR count). The second-order valence-electron chi connectivity index (χ2n) is 3.66. The number of aliphatic carboxylic acids is 1. The molecule has 1 aliphatic carbocycles.